The van der Waals surface area contributed by atoms with Gasteiger partial charge in [-0.3, -0.25) is 0 Å². The number of carbonyl (C=O) groups is 2. The lowest BCUT2D eigenvalue weighted by Gasteiger charge is -2.18. The van der Waals surface area contributed by atoms with Gasteiger partial charge in [0.25, 0.3) is 0 Å². The van der Waals surface area contributed by atoms with E-state index < -0.39 is 18.0 Å². The topological polar surface area (TPSA) is 87.7 Å². The zero-order valence-electron chi connectivity index (χ0n) is 12.2. The van der Waals surface area contributed by atoms with Gasteiger partial charge in [0, 0.05) is 19.8 Å². The largest absolute Gasteiger partial charge is 0.480 e. The van der Waals surface area contributed by atoms with Gasteiger partial charge in [-0.25, -0.2) is 9.59 Å². The van der Waals surface area contributed by atoms with E-state index in [1.165, 1.54) is 0 Å². The van der Waals surface area contributed by atoms with Crippen molar-refractivity contribution in [3.8, 4) is 0 Å². The second-order valence-electron chi connectivity index (χ2n) is 5.28. The van der Waals surface area contributed by atoms with E-state index in [9.17, 15) is 9.59 Å². The van der Waals surface area contributed by atoms with Gasteiger partial charge in [-0.2, -0.15) is 0 Å². The molecule has 0 radical (unpaired) electrons. The summed E-state index contributed by atoms with van der Waals surface area (Å²) in [5.41, 5.74) is 0. The van der Waals surface area contributed by atoms with Crippen molar-refractivity contribution in [2.45, 2.75) is 40.2 Å². The van der Waals surface area contributed by atoms with Crippen molar-refractivity contribution >= 4 is 12.0 Å². The van der Waals surface area contributed by atoms with Gasteiger partial charge in [-0.1, -0.05) is 27.7 Å². The molecular formula is C13H26N2O4. The van der Waals surface area contributed by atoms with E-state index in [2.05, 4.69) is 24.5 Å². The van der Waals surface area contributed by atoms with Gasteiger partial charge in [0.1, 0.15) is 6.04 Å². The first kappa shape index (κ1) is 17.7. The molecule has 0 rings (SSSR count). The maximum atomic E-state index is 11.5. The fourth-order valence-corrected chi connectivity index (χ4v) is 1.40. The van der Waals surface area contributed by atoms with Crippen LogP contribution < -0.4 is 10.6 Å². The number of amides is 2. The highest BCUT2D eigenvalue weighted by Crippen LogP contribution is 2.01. The number of ether oxygens (including phenoxy) is 1. The molecule has 6 heteroatoms. The normalized spacial score (nSPS) is 12.5. The molecule has 19 heavy (non-hydrogen) atoms. The van der Waals surface area contributed by atoms with E-state index in [0.29, 0.717) is 32.1 Å². The molecule has 1 atom stereocenters. The lowest BCUT2D eigenvalue weighted by molar-refractivity contribution is -0.140. The smallest absolute Gasteiger partial charge is 0.326 e. The van der Waals surface area contributed by atoms with Crippen molar-refractivity contribution in [2.75, 3.05) is 19.8 Å². The van der Waals surface area contributed by atoms with Crippen molar-refractivity contribution in [1.82, 2.24) is 10.6 Å². The first-order valence-corrected chi connectivity index (χ1v) is 6.69. The number of carboxylic acids is 1. The van der Waals surface area contributed by atoms with Crippen LogP contribution in [0.4, 0.5) is 4.79 Å². The Balaban J connectivity index is 3.72. The molecule has 0 aliphatic heterocycles. The highest BCUT2D eigenvalue weighted by Gasteiger charge is 2.22. The third-order valence-corrected chi connectivity index (χ3v) is 2.42. The van der Waals surface area contributed by atoms with Crippen LogP contribution in [0, 0.1) is 11.8 Å². The highest BCUT2D eigenvalue weighted by molar-refractivity contribution is 5.82. The van der Waals surface area contributed by atoms with E-state index in [4.69, 9.17) is 9.84 Å². The monoisotopic (exact) mass is 274 g/mol. The minimum Gasteiger partial charge on any atom is -0.480 e. The van der Waals surface area contributed by atoms with Crippen molar-refractivity contribution < 1.29 is 19.4 Å². The summed E-state index contributed by atoms with van der Waals surface area (Å²) >= 11 is 0. The molecule has 0 aliphatic rings. The van der Waals surface area contributed by atoms with E-state index in [-0.39, 0.29) is 5.92 Å². The van der Waals surface area contributed by atoms with Crippen LogP contribution in [-0.2, 0) is 9.53 Å². The molecule has 0 bridgehead atoms. The summed E-state index contributed by atoms with van der Waals surface area (Å²) in [6.07, 6.45) is 0.708. The highest BCUT2D eigenvalue weighted by atomic mass is 16.5. The maximum Gasteiger partial charge on any atom is 0.326 e. The van der Waals surface area contributed by atoms with Crippen LogP contribution in [0.3, 0.4) is 0 Å². The summed E-state index contributed by atoms with van der Waals surface area (Å²) in [6.45, 7) is 9.41. The summed E-state index contributed by atoms with van der Waals surface area (Å²) in [4.78, 5) is 22.4. The molecule has 0 saturated carbocycles. The van der Waals surface area contributed by atoms with Crippen LogP contribution in [-0.4, -0.2) is 42.9 Å². The van der Waals surface area contributed by atoms with Crippen LogP contribution in [0.2, 0.25) is 0 Å². The van der Waals surface area contributed by atoms with Crippen LogP contribution in [0.1, 0.15) is 34.1 Å². The molecule has 0 aliphatic carbocycles. The van der Waals surface area contributed by atoms with Gasteiger partial charge in [0.15, 0.2) is 0 Å². The molecule has 0 heterocycles. The fraction of sp³-hybridized carbons (Fsp3) is 0.846. The molecule has 0 spiro atoms. The van der Waals surface area contributed by atoms with Crippen LogP contribution >= 0.6 is 0 Å². The predicted molar refractivity (Wildman–Crippen MR) is 73.1 cm³/mol. The number of carboxylic acid groups (broad SMARTS) is 1. The quantitative estimate of drug-likeness (QED) is 0.555. The third-order valence-electron chi connectivity index (χ3n) is 2.42. The number of rotatable bonds is 9. The number of hydrogen-bond acceptors (Lipinski definition) is 3. The van der Waals surface area contributed by atoms with E-state index in [1.807, 2.05) is 0 Å². The van der Waals surface area contributed by atoms with Crippen LogP contribution in [0.5, 0.6) is 0 Å². The van der Waals surface area contributed by atoms with Gasteiger partial charge in [0.2, 0.25) is 0 Å². The summed E-state index contributed by atoms with van der Waals surface area (Å²) in [5.74, 6) is -0.679. The maximum absolute atomic E-state index is 11.5. The Bertz CT molecular complexity index is 280. The minimum absolute atomic E-state index is 0.155. The van der Waals surface area contributed by atoms with Crippen LogP contribution in [0.25, 0.3) is 0 Å². The average molecular weight is 274 g/mol. The Labute approximate surface area is 114 Å². The Morgan fingerprint density at radius 1 is 1.21 bits per heavy atom. The molecule has 0 aromatic carbocycles. The summed E-state index contributed by atoms with van der Waals surface area (Å²) in [6, 6.07) is -1.32. The SMILES string of the molecule is CC(C)COCCCNC(=O)NC(C(=O)O)C(C)C. The summed E-state index contributed by atoms with van der Waals surface area (Å²) < 4.78 is 5.37. The Hall–Kier alpha value is -1.30. The number of urea groups is 1. The zero-order valence-corrected chi connectivity index (χ0v) is 12.2. The van der Waals surface area contributed by atoms with Crippen molar-refractivity contribution in [3.05, 3.63) is 0 Å². The molecule has 0 fully saturated rings. The Morgan fingerprint density at radius 3 is 2.32 bits per heavy atom. The fourth-order valence-electron chi connectivity index (χ4n) is 1.40. The second kappa shape index (κ2) is 9.61. The van der Waals surface area contributed by atoms with Crippen molar-refractivity contribution in [1.29, 1.82) is 0 Å². The predicted octanol–water partition coefficient (Wildman–Crippen LogP) is 1.46. The van der Waals surface area contributed by atoms with Gasteiger partial charge in [-0.05, 0) is 18.3 Å². The van der Waals surface area contributed by atoms with Gasteiger partial charge < -0.3 is 20.5 Å². The first-order chi connectivity index (χ1) is 8.84. The summed E-state index contributed by atoms with van der Waals surface area (Å²) in [7, 11) is 0. The number of hydrogen-bond donors (Lipinski definition) is 3. The Morgan fingerprint density at radius 2 is 1.84 bits per heavy atom. The van der Waals surface area contributed by atoms with E-state index in [0.717, 1.165) is 0 Å². The molecule has 0 saturated heterocycles. The average Bonchev–Trinajstić information content (AvgIpc) is 2.29. The molecule has 3 N–H and O–H groups in total. The summed E-state index contributed by atoms with van der Waals surface area (Å²) in [5, 5.41) is 14.0. The number of carbonyl (C=O) groups excluding carboxylic acids is 1. The second-order valence-corrected chi connectivity index (χ2v) is 5.28. The third kappa shape index (κ3) is 9.30. The molecule has 1 unspecified atom stereocenters. The minimum atomic E-state index is -1.02. The Kier molecular flexibility index (Phi) is 8.95. The molecular weight excluding hydrogens is 248 g/mol. The molecule has 2 amide bonds. The zero-order chi connectivity index (χ0) is 14.8. The number of nitrogens with one attached hydrogen (secondary N) is 2. The van der Waals surface area contributed by atoms with Gasteiger partial charge >= 0.3 is 12.0 Å². The van der Waals surface area contributed by atoms with Crippen molar-refractivity contribution in [2.24, 2.45) is 11.8 Å². The van der Waals surface area contributed by atoms with Gasteiger partial charge in [0.05, 0.1) is 0 Å². The lowest BCUT2D eigenvalue weighted by Crippen LogP contribution is -2.48. The standard InChI is InChI=1S/C13H26N2O4/c1-9(2)8-19-7-5-6-14-13(18)15-11(10(3)4)12(16)17/h9-11H,5-8H2,1-4H3,(H,16,17)(H2,14,15,18). The van der Waals surface area contributed by atoms with E-state index >= 15 is 0 Å². The van der Waals surface area contributed by atoms with Crippen LogP contribution in [0.15, 0.2) is 0 Å². The molecule has 0 aromatic rings. The molecule has 6 nitrogen and oxygen atoms in total. The van der Waals surface area contributed by atoms with Crippen molar-refractivity contribution in [3.63, 3.8) is 0 Å². The lowest BCUT2D eigenvalue weighted by atomic mass is 10.1. The van der Waals surface area contributed by atoms with Gasteiger partial charge in [-0.15, -0.1) is 0 Å². The molecule has 112 valence electrons. The number of aliphatic carboxylic acids is 1. The molecule has 0 aromatic heterocycles. The first-order valence-electron chi connectivity index (χ1n) is 6.69. The van der Waals surface area contributed by atoms with E-state index in [1.54, 1.807) is 13.8 Å².